The Morgan fingerprint density at radius 1 is 1.17 bits per heavy atom. The Balaban J connectivity index is 1.86. The molecule has 1 N–H and O–H groups in total. The summed E-state index contributed by atoms with van der Waals surface area (Å²) in [7, 11) is 0. The van der Waals surface area contributed by atoms with Gasteiger partial charge in [0, 0.05) is 11.1 Å². The molecule has 1 fully saturated rings. The number of nitrogens with zero attached hydrogens (tertiary/aromatic N) is 3. The Morgan fingerprint density at radius 3 is 2.55 bits per heavy atom. The molecule has 8 heteroatoms. The predicted octanol–water partition coefficient (Wildman–Crippen LogP) is 2.30. The first-order valence-electron chi connectivity index (χ1n) is 9.29. The highest BCUT2D eigenvalue weighted by atomic mass is 35.5. The van der Waals surface area contributed by atoms with Crippen molar-refractivity contribution in [2.75, 3.05) is 0 Å². The minimum Gasteiger partial charge on any atom is -0.348 e. The molecule has 1 aliphatic rings. The van der Waals surface area contributed by atoms with Crippen LogP contribution in [-0.4, -0.2) is 26.3 Å². The summed E-state index contributed by atoms with van der Waals surface area (Å²) in [5.74, 6) is -0.571. The monoisotopic (exact) mass is 410 g/mol. The third-order valence-electron chi connectivity index (χ3n) is 4.70. The van der Waals surface area contributed by atoms with Gasteiger partial charge < -0.3 is 5.32 Å². The number of aryl methyl sites for hydroxylation is 1. The zero-order valence-corrected chi connectivity index (χ0v) is 16.5. The van der Waals surface area contributed by atoms with Crippen LogP contribution in [0.1, 0.15) is 34.5 Å². The van der Waals surface area contributed by atoms with E-state index in [-0.39, 0.29) is 18.3 Å². The van der Waals surface area contributed by atoms with Crippen molar-refractivity contribution in [1.29, 1.82) is 0 Å². The zero-order valence-electron chi connectivity index (χ0n) is 15.8. The largest absolute Gasteiger partial charge is 0.352 e. The van der Waals surface area contributed by atoms with Gasteiger partial charge in [-0.1, -0.05) is 41.4 Å². The second kappa shape index (κ2) is 7.67. The number of hydrogen-bond acceptors (Lipinski definition) is 4. The number of halogens is 1. The molecular formula is C21H19ClN4O3. The maximum Gasteiger partial charge on any atom is 0.352 e. The average Bonchev–Trinajstić information content (AvgIpc) is 3.50. The molecule has 0 unspecified atom stereocenters. The topological polar surface area (TPSA) is 86.0 Å². The summed E-state index contributed by atoms with van der Waals surface area (Å²) in [4.78, 5) is 38.6. The molecule has 29 heavy (non-hydrogen) atoms. The highest BCUT2D eigenvalue weighted by molar-refractivity contribution is 6.30. The molecule has 7 nitrogen and oxygen atoms in total. The SMILES string of the molecule is Cc1ccc(-n2nc(C(=O)NC3CC3)c(=O)n(Cc3cccc(Cl)c3)c2=O)cc1. The van der Waals surface area contributed by atoms with Gasteiger partial charge >= 0.3 is 5.69 Å². The molecule has 148 valence electrons. The van der Waals surface area contributed by atoms with Gasteiger partial charge in [-0.15, -0.1) is 0 Å². The summed E-state index contributed by atoms with van der Waals surface area (Å²) in [6, 6.07) is 14.1. The second-order valence-corrected chi connectivity index (χ2v) is 7.58. The predicted molar refractivity (Wildman–Crippen MR) is 110 cm³/mol. The van der Waals surface area contributed by atoms with Crippen LogP contribution in [0.2, 0.25) is 5.02 Å². The number of carbonyl (C=O) groups is 1. The van der Waals surface area contributed by atoms with E-state index < -0.39 is 17.2 Å². The first kappa shape index (κ1) is 19.1. The molecule has 0 atom stereocenters. The van der Waals surface area contributed by atoms with Gasteiger partial charge in [-0.2, -0.15) is 9.78 Å². The normalized spacial score (nSPS) is 13.3. The lowest BCUT2D eigenvalue weighted by Crippen LogP contribution is -2.46. The van der Waals surface area contributed by atoms with Crippen LogP contribution in [0.4, 0.5) is 0 Å². The number of hydrogen-bond donors (Lipinski definition) is 1. The first-order chi connectivity index (χ1) is 13.9. The van der Waals surface area contributed by atoms with Crippen LogP contribution in [0.25, 0.3) is 5.69 Å². The van der Waals surface area contributed by atoms with E-state index in [0.717, 1.165) is 27.7 Å². The van der Waals surface area contributed by atoms with Gasteiger partial charge in [-0.25, -0.2) is 4.79 Å². The summed E-state index contributed by atoms with van der Waals surface area (Å²) in [6.45, 7) is 1.91. The molecule has 1 amide bonds. The van der Waals surface area contributed by atoms with Crippen LogP contribution in [-0.2, 0) is 6.54 Å². The van der Waals surface area contributed by atoms with Gasteiger partial charge in [0.2, 0.25) is 5.69 Å². The molecule has 0 spiro atoms. The number of benzene rings is 2. The molecule has 1 aliphatic carbocycles. The van der Waals surface area contributed by atoms with Crippen LogP contribution in [0.5, 0.6) is 0 Å². The maximum absolute atomic E-state index is 13.1. The summed E-state index contributed by atoms with van der Waals surface area (Å²) in [5.41, 5.74) is 0.506. The summed E-state index contributed by atoms with van der Waals surface area (Å²) >= 11 is 6.03. The summed E-state index contributed by atoms with van der Waals surface area (Å²) < 4.78 is 2.10. The minimum atomic E-state index is -0.725. The van der Waals surface area contributed by atoms with Crippen LogP contribution < -0.4 is 16.6 Å². The molecule has 3 aromatic rings. The van der Waals surface area contributed by atoms with E-state index in [9.17, 15) is 14.4 Å². The maximum atomic E-state index is 13.1. The van der Waals surface area contributed by atoms with Crippen LogP contribution >= 0.6 is 11.6 Å². The Bertz CT molecular complexity index is 1190. The Hall–Kier alpha value is -3.19. The van der Waals surface area contributed by atoms with Crippen LogP contribution in [0, 0.1) is 6.92 Å². The fourth-order valence-corrected chi connectivity index (χ4v) is 3.16. The molecule has 2 aromatic carbocycles. The van der Waals surface area contributed by atoms with E-state index in [4.69, 9.17) is 11.6 Å². The van der Waals surface area contributed by atoms with E-state index in [0.29, 0.717) is 16.3 Å². The first-order valence-corrected chi connectivity index (χ1v) is 9.67. The van der Waals surface area contributed by atoms with Crippen molar-refractivity contribution < 1.29 is 4.79 Å². The van der Waals surface area contributed by atoms with E-state index in [1.807, 2.05) is 19.1 Å². The summed E-state index contributed by atoms with van der Waals surface area (Å²) in [6.07, 6.45) is 1.75. The van der Waals surface area contributed by atoms with Crippen molar-refractivity contribution in [2.45, 2.75) is 32.4 Å². The van der Waals surface area contributed by atoms with Crippen LogP contribution in [0.15, 0.2) is 58.1 Å². The molecule has 1 heterocycles. The van der Waals surface area contributed by atoms with E-state index in [2.05, 4.69) is 10.4 Å². The van der Waals surface area contributed by atoms with Gasteiger partial charge in [0.05, 0.1) is 12.2 Å². The van der Waals surface area contributed by atoms with Gasteiger partial charge in [-0.05, 0) is 49.6 Å². The Labute approximate surface area is 171 Å². The Morgan fingerprint density at radius 2 is 1.90 bits per heavy atom. The van der Waals surface area contributed by atoms with Gasteiger partial charge in [0.25, 0.3) is 11.5 Å². The van der Waals surface area contributed by atoms with Crippen molar-refractivity contribution >= 4 is 17.5 Å². The van der Waals surface area contributed by atoms with Crippen molar-refractivity contribution in [3.05, 3.63) is 91.2 Å². The molecule has 0 bridgehead atoms. The Kier molecular flexibility index (Phi) is 5.07. The fraction of sp³-hybridized carbons (Fsp3) is 0.238. The standard InChI is InChI=1S/C21H19ClN4O3/c1-13-5-9-17(10-6-13)26-21(29)25(12-14-3-2-4-15(22)11-14)20(28)18(24-26)19(27)23-16-7-8-16/h2-6,9-11,16H,7-8,12H2,1H3,(H,23,27). The molecule has 1 saturated carbocycles. The summed E-state index contributed by atoms with van der Waals surface area (Å²) in [5, 5.41) is 7.37. The molecular weight excluding hydrogens is 392 g/mol. The van der Waals surface area contributed by atoms with Gasteiger partial charge in [0.15, 0.2) is 0 Å². The van der Waals surface area contributed by atoms with Crippen molar-refractivity contribution in [1.82, 2.24) is 19.7 Å². The number of rotatable bonds is 5. The van der Waals surface area contributed by atoms with E-state index >= 15 is 0 Å². The third-order valence-corrected chi connectivity index (χ3v) is 4.93. The highest BCUT2D eigenvalue weighted by Gasteiger charge is 2.27. The van der Waals surface area contributed by atoms with E-state index in [1.165, 1.54) is 0 Å². The number of amides is 1. The van der Waals surface area contributed by atoms with E-state index in [1.54, 1.807) is 36.4 Å². The number of aromatic nitrogens is 3. The molecule has 4 rings (SSSR count). The zero-order chi connectivity index (χ0) is 20.5. The second-order valence-electron chi connectivity index (χ2n) is 7.15. The molecule has 0 radical (unpaired) electrons. The smallest absolute Gasteiger partial charge is 0.348 e. The van der Waals surface area contributed by atoms with Gasteiger partial charge in [-0.3, -0.25) is 14.2 Å². The lowest BCUT2D eigenvalue weighted by molar-refractivity contribution is 0.0941. The van der Waals surface area contributed by atoms with Crippen molar-refractivity contribution in [3.63, 3.8) is 0 Å². The molecule has 0 saturated heterocycles. The minimum absolute atomic E-state index is 0.0175. The quantitative estimate of drug-likeness (QED) is 0.699. The van der Waals surface area contributed by atoms with Crippen molar-refractivity contribution in [2.24, 2.45) is 0 Å². The molecule has 0 aliphatic heterocycles. The van der Waals surface area contributed by atoms with Crippen molar-refractivity contribution in [3.8, 4) is 5.69 Å². The highest BCUT2D eigenvalue weighted by Crippen LogP contribution is 2.18. The lowest BCUT2D eigenvalue weighted by Gasteiger charge is -2.12. The number of carbonyl (C=O) groups excluding carboxylic acids is 1. The fourth-order valence-electron chi connectivity index (χ4n) is 2.95. The molecule has 1 aromatic heterocycles. The van der Waals surface area contributed by atoms with Crippen LogP contribution in [0.3, 0.4) is 0 Å². The lowest BCUT2D eigenvalue weighted by atomic mass is 10.2. The average molecular weight is 411 g/mol. The number of nitrogens with one attached hydrogen (secondary N) is 1. The third kappa shape index (κ3) is 4.14. The van der Waals surface area contributed by atoms with Gasteiger partial charge in [0.1, 0.15) is 0 Å².